The second-order valence-electron chi connectivity index (χ2n) is 34.0. The smallest absolute Gasteiger partial charge is 0.256 e. The van der Waals surface area contributed by atoms with E-state index in [9.17, 15) is 38.4 Å². The lowest BCUT2D eigenvalue weighted by Crippen LogP contribution is -2.36. The minimum Gasteiger partial charge on any atom is -0.349 e. The van der Waals surface area contributed by atoms with E-state index >= 15 is 0 Å². The Balaban J connectivity index is 0.000000124. The second-order valence-corrected chi connectivity index (χ2v) is 34.0. The number of carbonyl (C=O) groups excluding carboxylic acids is 8. The quantitative estimate of drug-likeness (QED) is 0.0337. The lowest BCUT2D eigenvalue weighted by Gasteiger charge is -2.22. The Kier molecular flexibility index (Phi) is 28.4. The number of nitrogens with one attached hydrogen (secondary N) is 12. The summed E-state index contributed by atoms with van der Waals surface area (Å²) >= 11 is 0. The van der Waals surface area contributed by atoms with Crippen LogP contribution in [0.25, 0.3) is 89.7 Å². The molecule has 4 fully saturated rings. The van der Waals surface area contributed by atoms with Gasteiger partial charge >= 0.3 is 0 Å². The van der Waals surface area contributed by atoms with Crippen LogP contribution in [-0.2, 0) is 0 Å². The minimum atomic E-state index is -0.224. The molecule has 0 unspecified atom stereocenters. The van der Waals surface area contributed by atoms with Gasteiger partial charge in [-0.3, -0.25) is 48.3 Å². The van der Waals surface area contributed by atoms with E-state index in [1.165, 1.54) is 77.0 Å². The monoisotopic (exact) mass is 1770 g/mol. The molecule has 8 aromatic carbocycles. The fourth-order valence-electron chi connectivity index (χ4n) is 17.0. The summed E-state index contributed by atoms with van der Waals surface area (Å²) in [7, 11) is 0. The van der Waals surface area contributed by atoms with Gasteiger partial charge in [-0.2, -0.15) is 0 Å². The molecule has 670 valence electrons. The number of fused-ring (bicyclic) bond motifs is 4. The summed E-state index contributed by atoms with van der Waals surface area (Å²) in [6.45, 7) is 1.95. The van der Waals surface area contributed by atoms with Crippen molar-refractivity contribution < 1.29 is 38.4 Å². The maximum absolute atomic E-state index is 12.7. The minimum absolute atomic E-state index is 0.0375. The van der Waals surface area contributed by atoms with Crippen LogP contribution < -0.4 is 42.5 Å². The molecule has 20 rings (SSSR count). The highest BCUT2D eigenvalue weighted by Gasteiger charge is 2.25. The number of hydrogen-bond donors (Lipinski definition) is 12. The van der Waals surface area contributed by atoms with Gasteiger partial charge in [0.15, 0.2) is 0 Å². The predicted octanol–water partition coefficient (Wildman–Crippen LogP) is 20.1. The first-order valence-corrected chi connectivity index (χ1v) is 45.6. The van der Waals surface area contributed by atoms with Gasteiger partial charge < -0.3 is 62.5 Å². The Morgan fingerprint density at radius 3 is 0.880 bits per heavy atom. The number of pyridine rings is 4. The lowest BCUT2D eigenvalue weighted by molar-refractivity contribution is 0.0919. The molecule has 0 spiro atoms. The Morgan fingerprint density at radius 2 is 0.579 bits per heavy atom. The van der Waals surface area contributed by atoms with Crippen LogP contribution in [0.5, 0.6) is 0 Å². The van der Waals surface area contributed by atoms with Gasteiger partial charge in [0.2, 0.25) is 0 Å². The molecule has 4 saturated carbocycles. The van der Waals surface area contributed by atoms with E-state index in [4.69, 9.17) is 0 Å². The van der Waals surface area contributed by atoms with Crippen LogP contribution in [0.1, 0.15) is 217 Å². The average molecular weight is 1770 g/mol. The molecule has 0 atom stereocenters. The summed E-state index contributed by atoms with van der Waals surface area (Å²) in [6.07, 6.45) is 32.7. The van der Waals surface area contributed by atoms with E-state index in [0.717, 1.165) is 123 Å². The average Bonchev–Trinajstić information content (AvgIpc) is 1.67. The third-order valence-electron chi connectivity index (χ3n) is 24.3. The standard InChI is InChI=1S/C27H27N5O2.3C26H25N5O2/c1-17-7-14-24(28-16-17)32-26(33)19-10-8-18(9-11-19)25-30-22-13-12-20(15-23(22)31-25)27(34)29-21-5-3-2-4-6-21;32-25(31-23-8-4-5-15-27-23)18-11-9-17(10-12-18)24-29-21-14-13-19(16-22(21)30-24)26(33)28-20-6-2-1-3-7-20;32-25(29-21-7-4-14-27-16-21)18-10-8-17(9-11-18)24-30-22-13-12-19(15-23(22)31-24)26(33)28-20-5-2-1-3-6-20;32-25(29-21-12-14-27-15-13-21)18-8-6-17(7-9-18)24-30-22-11-10-19(16-23(22)31-24)26(33)28-20-4-2-1-3-5-20/h7-16,21H,2-6H2,1H3,(H,29,34)(H,30,31)(H,28,32,33);4-5,8-16,20H,1-3,6-7H2,(H,28,33)(H,29,30)(H,27,31,32);4,7-16,20H,1-3,5-6H2,(H,28,33)(H,29,32)(H,30,31);6-16,20H,1-5H2,(H,28,33)(H,30,31)(H,27,29,32). The molecule has 0 aliphatic heterocycles. The Labute approximate surface area is 767 Å². The molecule has 4 aliphatic rings. The number of imidazole rings is 4. The molecular weight excluding hydrogens is 1670 g/mol. The molecule has 28 nitrogen and oxygen atoms in total. The highest BCUT2D eigenvalue weighted by molar-refractivity contribution is 6.08. The fraction of sp³-hybridized carbons (Fsp3) is 0.238. The maximum Gasteiger partial charge on any atom is 0.256 e. The number of anilines is 4. The molecule has 8 amide bonds. The van der Waals surface area contributed by atoms with Gasteiger partial charge in [-0.25, -0.2) is 29.9 Å². The van der Waals surface area contributed by atoms with Crippen molar-refractivity contribution in [3.8, 4) is 45.6 Å². The number of nitrogens with zero attached hydrogens (tertiary/aromatic N) is 8. The van der Waals surface area contributed by atoms with Crippen LogP contribution in [0, 0.1) is 6.92 Å². The van der Waals surface area contributed by atoms with Crippen LogP contribution in [0.3, 0.4) is 0 Å². The van der Waals surface area contributed by atoms with Gasteiger partial charge in [-0.15, -0.1) is 0 Å². The molecule has 28 heteroatoms. The Bertz CT molecular complexity index is 6300. The van der Waals surface area contributed by atoms with E-state index in [-0.39, 0.29) is 71.4 Å². The molecule has 12 N–H and O–H groups in total. The van der Waals surface area contributed by atoms with E-state index in [2.05, 4.69) is 102 Å². The number of H-pyrrole nitrogens is 4. The zero-order valence-corrected chi connectivity index (χ0v) is 73.6. The van der Waals surface area contributed by atoms with Gasteiger partial charge in [0.05, 0.1) is 56.0 Å². The third kappa shape index (κ3) is 23.4. The van der Waals surface area contributed by atoms with Gasteiger partial charge in [0.1, 0.15) is 34.9 Å². The van der Waals surface area contributed by atoms with Gasteiger partial charge in [0, 0.05) is 128 Å². The molecule has 8 heterocycles. The normalized spacial score (nSPS) is 14.2. The third-order valence-corrected chi connectivity index (χ3v) is 24.3. The largest absolute Gasteiger partial charge is 0.349 e. The van der Waals surface area contributed by atoms with Crippen molar-refractivity contribution in [2.24, 2.45) is 0 Å². The Morgan fingerprint density at radius 1 is 0.263 bits per heavy atom. The molecule has 4 aliphatic carbocycles. The van der Waals surface area contributed by atoms with Crippen molar-refractivity contribution >= 4 is 114 Å². The summed E-state index contributed by atoms with van der Waals surface area (Å²) in [6, 6.07) is 68.2. The second kappa shape index (κ2) is 42.5. The van der Waals surface area contributed by atoms with Crippen molar-refractivity contribution in [2.45, 2.75) is 160 Å². The van der Waals surface area contributed by atoms with Crippen LogP contribution >= 0.6 is 0 Å². The molecule has 0 saturated heterocycles. The molecule has 16 aromatic rings. The summed E-state index contributed by atoms with van der Waals surface area (Å²) < 4.78 is 0. The van der Waals surface area contributed by atoms with E-state index in [0.29, 0.717) is 90.8 Å². The summed E-state index contributed by atoms with van der Waals surface area (Å²) in [5.74, 6) is 2.79. The topological polar surface area (TPSA) is 399 Å². The predicted molar refractivity (Wildman–Crippen MR) is 517 cm³/mol. The van der Waals surface area contributed by atoms with E-state index in [1.807, 2.05) is 140 Å². The molecule has 8 aromatic heterocycles. The number of aromatic amines is 4. The number of aromatic nitrogens is 12. The van der Waals surface area contributed by atoms with Gasteiger partial charge in [-0.1, -0.05) is 138 Å². The summed E-state index contributed by atoms with van der Waals surface area (Å²) in [5.41, 5.74) is 16.9. The maximum atomic E-state index is 12.7. The van der Waals surface area contributed by atoms with Crippen molar-refractivity contribution in [3.63, 3.8) is 0 Å². The van der Waals surface area contributed by atoms with Crippen molar-refractivity contribution in [3.05, 3.63) is 312 Å². The van der Waals surface area contributed by atoms with Crippen molar-refractivity contribution in [1.29, 1.82) is 0 Å². The van der Waals surface area contributed by atoms with Gasteiger partial charge in [-0.05, 0) is 228 Å². The van der Waals surface area contributed by atoms with E-state index < -0.39 is 0 Å². The van der Waals surface area contributed by atoms with Crippen LogP contribution in [-0.4, -0.2) is 131 Å². The zero-order chi connectivity index (χ0) is 91.4. The first kappa shape index (κ1) is 89.0. The number of rotatable bonds is 20. The highest BCUT2D eigenvalue weighted by atomic mass is 16.2. The van der Waals surface area contributed by atoms with E-state index in [1.54, 1.807) is 128 Å². The summed E-state index contributed by atoms with van der Waals surface area (Å²) in [4.78, 5) is 149. The first-order chi connectivity index (χ1) is 65.0. The van der Waals surface area contributed by atoms with Crippen molar-refractivity contribution in [2.75, 3.05) is 21.3 Å². The number of aryl methyl sites for hydroxylation is 1. The molecule has 0 bridgehead atoms. The number of benzene rings is 8. The lowest BCUT2D eigenvalue weighted by atomic mass is 9.95. The van der Waals surface area contributed by atoms with Gasteiger partial charge in [0.25, 0.3) is 47.3 Å². The molecular formula is C105H102N20O8. The number of hydrogen-bond acceptors (Lipinski definition) is 16. The molecule has 0 radical (unpaired) electrons. The Hall–Kier alpha value is -16.0. The van der Waals surface area contributed by atoms with Crippen LogP contribution in [0.4, 0.5) is 23.0 Å². The highest BCUT2D eigenvalue weighted by Crippen LogP contribution is 2.31. The van der Waals surface area contributed by atoms with Crippen LogP contribution in [0.15, 0.2) is 262 Å². The number of carbonyl (C=O) groups is 8. The summed E-state index contributed by atoms with van der Waals surface area (Å²) in [5, 5.41) is 23.9. The fourth-order valence-corrected chi connectivity index (χ4v) is 17.0. The van der Waals surface area contributed by atoms with Crippen LogP contribution in [0.2, 0.25) is 0 Å². The first-order valence-electron chi connectivity index (χ1n) is 45.6. The SMILES string of the molecule is Cc1ccc(NC(=O)c2ccc(-c3nc4ccc(C(=O)NC5CCCCC5)cc4[nH]3)cc2)nc1.O=C(Nc1ccccn1)c1ccc(-c2nc3ccc(C(=O)NC4CCCCC4)cc3[nH]2)cc1.O=C(Nc1cccnc1)c1ccc(-c2nc3ccc(C(=O)NC4CCCCC4)cc3[nH]2)cc1.O=C(Nc1ccncc1)c1ccc(-c2nc3ccc(C(=O)NC4CCCCC4)cc3[nH]2)cc1. The number of amides is 8. The van der Waals surface area contributed by atoms with Crippen molar-refractivity contribution in [1.82, 2.24) is 81.1 Å². The molecule has 133 heavy (non-hydrogen) atoms. The zero-order valence-electron chi connectivity index (χ0n) is 73.6.